The molecule has 1 unspecified atom stereocenters. The first-order chi connectivity index (χ1) is 5.92. The summed E-state index contributed by atoms with van der Waals surface area (Å²) in [5, 5.41) is 0. The molecule has 0 aromatic heterocycles. The molecule has 74 valence electrons. The van der Waals surface area contributed by atoms with Gasteiger partial charge in [-0.15, -0.1) is 0 Å². The van der Waals surface area contributed by atoms with Crippen molar-refractivity contribution in [2.45, 2.75) is 32.7 Å². The second-order valence-electron chi connectivity index (χ2n) is 4.25. The van der Waals surface area contributed by atoms with E-state index in [-0.39, 0.29) is 11.9 Å². The normalized spacial score (nSPS) is 29.6. The van der Waals surface area contributed by atoms with Gasteiger partial charge in [0.25, 0.3) is 0 Å². The summed E-state index contributed by atoms with van der Waals surface area (Å²) < 4.78 is 5.06. The van der Waals surface area contributed by atoms with Crippen LogP contribution < -0.4 is 5.73 Å². The first-order valence-corrected chi connectivity index (χ1v) is 4.58. The van der Waals surface area contributed by atoms with Crippen LogP contribution in [0.3, 0.4) is 0 Å². The van der Waals surface area contributed by atoms with Crippen LogP contribution in [-0.2, 0) is 9.53 Å². The minimum absolute atomic E-state index is 0.210. The fraction of sp³-hybridized carbons (Fsp3) is 0.700. The van der Waals surface area contributed by atoms with Crippen LogP contribution in [0.15, 0.2) is 11.6 Å². The van der Waals surface area contributed by atoms with Crippen LogP contribution in [0.25, 0.3) is 0 Å². The van der Waals surface area contributed by atoms with E-state index < -0.39 is 5.54 Å². The van der Waals surface area contributed by atoms with Gasteiger partial charge >= 0.3 is 5.97 Å². The Hall–Kier alpha value is -0.830. The fourth-order valence-electron chi connectivity index (χ4n) is 1.27. The summed E-state index contributed by atoms with van der Waals surface area (Å²) in [6.45, 7) is 6.15. The second-order valence-corrected chi connectivity index (χ2v) is 4.25. The van der Waals surface area contributed by atoms with Crippen LogP contribution in [-0.4, -0.2) is 18.1 Å². The van der Waals surface area contributed by atoms with E-state index in [0.717, 1.165) is 5.57 Å². The minimum Gasteiger partial charge on any atom is -0.460 e. The van der Waals surface area contributed by atoms with Crippen LogP contribution in [0.1, 0.15) is 27.2 Å². The van der Waals surface area contributed by atoms with E-state index in [1.54, 1.807) is 0 Å². The Morgan fingerprint density at radius 3 is 2.77 bits per heavy atom. The van der Waals surface area contributed by atoms with Crippen LogP contribution in [0.2, 0.25) is 0 Å². The van der Waals surface area contributed by atoms with E-state index in [9.17, 15) is 4.79 Å². The zero-order chi connectivity index (χ0) is 10.1. The van der Waals surface area contributed by atoms with Crippen LogP contribution >= 0.6 is 0 Å². The third-order valence-corrected chi connectivity index (χ3v) is 2.18. The molecule has 1 atom stereocenters. The molecule has 1 aliphatic heterocycles. The lowest BCUT2D eigenvalue weighted by atomic mass is 9.97. The summed E-state index contributed by atoms with van der Waals surface area (Å²) in [4.78, 5) is 11.4. The number of ether oxygens (including phenoxy) is 1. The SMILES string of the molecule is CC(C)C1=CCC(C)(N)COC1=O. The highest BCUT2D eigenvalue weighted by Crippen LogP contribution is 2.20. The Morgan fingerprint density at radius 2 is 2.23 bits per heavy atom. The van der Waals surface area contributed by atoms with Gasteiger partial charge in [-0.25, -0.2) is 4.79 Å². The van der Waals surface area contributed by atoms with E-state index in [4.69, 9.17) is 10.5 Å². The Morgan fingerprint density at radius 1 is 1.62 bits per heavy atom. The number of esters is 1. The number of carbonyl (C=O) groups is 1. The molecule has 0 saturated carbocycles. The molecule has 0 aliphatic carbocycles. The third kappa shape index (κ3) is 2.56. The Kier molecular flexibility index (Phi) is 2.76. The van der Waals surface area contributed by atoms with Gasteiger partial charge in [-0.1, -0.05) is 19.9 Å². The minimum atomic E-state index is -0.410. The molecule has 0 aromatic rings. The summed E-state index contributed by atoms with van der Waals surface area (Å²) in [6, 6.07) is 0. The molecule has 1 aliphatic rings. The highest BCUT2D eigenvalue weighted by atomic mass is 16.5. The molecular formula is C10H17NO2. The molecular weight excluding hydrogens is 166 g/mol. The van der Waals surface area contributed by atoms with E-state index in [1.165, 1.54) is 0 Å². The molecule has 1 rings (SSSR count). The van der Waals surface area contributed by atoms with Crippen LogP contribution in [0.5, 0.6) is 0 Å². The van der Waals surface area contributed by atoms with Crippen molar-refractivity contribution in [3.8, 4) is 0 Å². The predicted octanol–water partition coefficient (Wildman–Crippen LogP) is 1.23. The van der Waals surface area contributed by atoms with E-state index in [2.05, 4.69) is 0 Å². The predicted molar refractivity (Wildman–Crippen MR) is 51.1 cm³/mol. The van der Waals surface area contributed by atoms with Crippen LogP contribution in [0.4, 0.5) is 0 Å². The number of hydrogen-bond acceptors (Lipinski definition) is 3. The molecule has 3 heteroatoms. The molecule has 1 heterocycles. The van der Waals surface area contributed by atoms with Crippen molar-refractivity contribution in [3.63, 3.8) is 0 Å². The first-order valence-electron chi connectivity index (χ1n) is 4.58. The average Bonchev–Trinajstić information content (AvgIpc) is 2.11. The van der Waals surface area contributed by atoms with Gasteiger partial charge in [0.1, 0.15) is 6.61 Å². The number of carbonyl (C=O) groups excluding carboxylic acids is 1. The number of cyclic esters (lactones) is 1. The maximum Gasteiger partial charge on any atom is 0.334 e. The summed E-state index contributed by atoms with van der Waals surface area (Å²) in [5.41, 5.74) is 6.21. The molecule has 0 fully saturated rings. The molecule has 3 nitrogen and oxygen atoms in total. The maximum atomic E-state index is 11.4. The Labute approximate surface area is 78.9 Å². The largest absolute Gasteiger partial charge is 0.460 e. The molecule has 2 N–H and O–H groups in total. The zero-order valence-corrected chi connectivity index (χ0v) is 8.46. The number of hydrogen-bond donors (Lipinski definition) is 1. The van der Waals surface area contributed by atoms with Crippen LogP contribution in [0, 0.1) is 5.92 Å². The van der Waals surface area contributed by atoms with E-state index in [1.807, 2.05) is 26.8 Å². The van der Waals surface area contributed by atoms with Gasteiger partial charge in [-0.05, 0) is 19.3 Å². The summed E-state index contributed by atoms with van der Waals surface area (Å²) in [5.74, 6) is -0.00873. The van der Waals surface area contributed by atoms with Crippen molar-refractivity contribution in [2.75, 3.05) is 6.61 Å². The standard InChI is InChI=1S/C10H17NO2/c1-7(2)8-4-5-10(3,11)6-13-9(8)12/h4,7H,5-6,11H2,1-3H3. The lowest BCUT2D eigenvalue weighted by Gasteiger charge is -2.19. The van der Waals surface area contributed by atoms with Gasteiger partial charge in [0, 0.05) is 5.57 Å². The highest BCUT2D eigenvalue weighted by Gasteiger charge is 2.26. The maximum absolute atomic E-state index is 11.4. The number of rotatable bonds is 1. The van der Waals surface area contributed by atoms with E-state index >= 15 is 0 Å². The molecule has 0 amide bonds. The van der Waals surface area contributed by atoms with Crippen molar-refractivity contribution in [3.05, 3.63) is 11.6 Å². The van der Waals surface area contributed by atoms with Gasteiger partial charge in [-0.3, -0.25) is 0 Å². The molecule has 0 spiro atoms. The lowest BCUT2D eigenvalue weighted by Crippen LogP contribution is -2.40. The smallest absolute Gasteiger partial charge is 0.334 e. The Balaban J connectivity index is 2.83. The summed E-state index contributed by atoms with van der Waals surface area (Å²) in [7, 11) is 0. The zero-order valence-electron chi connectivity index (χ0n) is 8.46. The Bertz CT molecular complexity index is 241. The van der Waals surface area contributed by atoms with Crippen molar-refractivity contribution in [2.24, 2.45) is 11.7 Å². The fourth-order valence-corrected chi connectivity index (χ4v) is 1.27. The quantitative estimate of drug-likeness (QED) is 0.622. The summed E-state index contributed by atoms with van der Waals surface area (Å²) in [6.07, 6.45) is 2.60. The first kappa shape index (κ1) is 10.3. The van der Waals surface area contributed by atoms with Gasteiger partial charge in [0.05, 0.1) is 5.54 Å². The van der Waals surface area contributed by atoms with Crippen molar-refractivity contribution in [1.29, 1.82) is 0 Å². The molecule has 13 heavy (non-hydrogen) atoms. The van der Waals surface area contributed by atoms with Crippen molar-refractivity contribution >= 4 is 5.97 Å². The second kappa shape index (κ2) is 3.50. The van der Waals surface area contributed by atoms with Crippen molar-refractivity contribution in [1.82, 2.24) is 0 Å². The van der Waals surface area contributed by atoms with Crippen molar-refractivity contribution < 1.29 is 9.53 Å². The van der Waals surface area contributed by atoms with Gasteiger partial charge in [0.2, 0.25) is 0 Å². The number of nitrogens with two attached hydrogens (primary N) is 1. The highest BCUT2D eigenvalue weighted by molar-refractivity contribution is 5.89. The lowest BCUT2D eigenvalue weighted by molar-refractivity contribution is -0.140. The molecule has 0 radical (unpaired) electrons. The summed E-state index contributed by atoms with van der Waals surface area (Å²) >= 11 is 0. The molecule has 0 bridgehead atoms. The van der Waals surface area contributed by atoms with Gasteiger partial charge < -0.3 is 10.5 Å². The van der Waals surface area contributed by atoms with Gasteiger partial charge in [-0.2, -0.15) is 0 Å². The molecule has 0 aromatic carbocycles. The third-order valence-electron chi connectivity index (χ3n) is 2.18. The van der Waals surface area contributed by atoms with Gasteiger partial charge in [0.15, 0.2) is 0 Å². The molecule has 0 saturated heterocycles. The average molecular weight is 183 g/mol. The monoisotopic (exact) mass is 183 g/mol. The van der Waals surface area contributed by atoms with E-state index in [0.29, 0.717) is 13.0 Å². The topological polar surface area (TPSA) is 52.3 Å².